The molecule has 1 aliphatic heterocycles. The van der Waals surface area contributed by atoms with Crippen molar-refractivity contribution in [2.75, 3.05) is 19.6 Å². The molecule has 0 aromatic rings. The molecule has 0 radical (unpaired) electrons. The van der Waals surface area contributed by atoms with E-state index in [1.165, 1.54) is 0 Å². The molecule has 64 valence electrons. The fraction of sp³-hybridized carbons (Fsp3) is 0.875. The van der Waals surface area contributed by atoms with Crippen molar-refractivity contribution in [2.24, 2.45) is 0 Å². The first kappa shape index (κ1) is 8.53. The van der Waals surface area contributed by atoms with Gasteiger partial charge in [-0.15, -0.1) is 0 Å². The summed E-state index contributed by atoms with van der Waals surface area (Å²) in [6, 6.07) is 0.371. The van der Waals surface area contributed by atoms with Crippen molar-refractivity contribution in [1.29, 1.82) is 0 Å². The predicted molar refractivity (Wildman–Crippen MR) is 44.3 cm³/mol. The Kier molecular flexibility index (Phi) is 2.88. The second-order valence-corrected chi connectivity index (χ2v) is 2.99. The van der Waals surface area contributed by atoms with Gasteiger partial charge in [0, 0.05) is 32.1 Å². The number of hydrogen-bond donors (Lipinski definition) is 1. The van der Waals surface area contributed by atoms with E-state index in [0.29, 0.717) is 12.5 Å². The van der Waals surface area contributed by atoms with Crippen molar-refractivity contribution >= 4 is 5.91 Å². The molecule has 3 heteroatoms. The first-order valence-electron chi connectivity index (χ1n) is 4.26. The van der Waals surface area contributed by atoms with Crippen molar-refractivity contribution < 1.29 is 4.79 Å². The molecule has 1 amide bonds. The number of nitrogens with zero attached hydrogens (tertiary/aromatic N) is 1. The number of carbonyl (C=O) groups is 1. The predicted octanol–water partition coefficient (Wildman–Crippen LogP) is 0.217. The average molecular weight is 156 g/mol. The first-order chi connectivity index (χ1) is 5.25. The summed E-state index contributed by atoms with van der Waals surface area (Å²) >= 11 is 0. The van der Waals surface area contributed by atoms with Crippen LogP contribution in [0.5, 0.6) is 0 Å². The largest absolute Gasteiger partial charge is 0.337 e. The van der Waals surface area contributed by atoms with E-state index in [0.717, 1.165) is 19.6 Å². The standard InChI is InChI=1S/C8H16N2O/c1-3-8(11)10-5-4-9-6-7(10)2/h7,9H,3-6H2,1-2H3/t7-/m0/s1. The molecular weight excluding hydrogens is 140 g/mol. The van der Waals surface area contributed by atoms with Gasteiger partial charge in [-0.2, -0.15) is 0 Å². The van der Waals surface area contributed by atoms with Gasteiger partial charge in [0.1, 0.15) is 0 Å². The summed E-state index contributed by atoms with van der Waals surface area (Å²) in [7, 11) is 0. The highest BCUT2D eigenvalue weighted by molar-refractivity contribution is 5.76. The van der Waals surface area contributed by atoms with Crippen molar-refractivity contribution in [3.63, 3.8) is 0 Å². The van der Waals surface area contributed by atoms with E-state index in [9.17, 15) is 4.79 Å². The Labute approximate surface area is 67.8 Å². The maximum atomic E-state index is 11.3. The van der Waals surface area contributed by atoms with E-state index in [2.05, 4.69) is 12.2 Å². The van der Waals surface area contributed by atoms with Gasteiger partial charge >= 0.3 is 0 Å². The van der Waals surface area contributed by atoms with Crippen molar-refractivity contribution in [3.8, 4) is 0 Å². The summed E-state index contributed by atoms with van der Waals surface area (Å²) in [5.74, 6) is 0.277. The molecule has 0 aromatic heterocycles. The van der Waals surface area contributed by atoms with Gasteiger partial charge in [0.05, 0.1) is 0 Å². The topological polar surface area (TPSA) is 32.3 Å². The van der Waals surface area contributed by atoms with Gasteiger partial charge in [0.25, 0.3) is 0 Å². The Bertz CT molecular complexity index is 147. The zero-order valence-electron chi connectivity index (χ0n) is 7.26. The molecule has 0 saturated carbocycles. The minimum Gasteiger partial charge on any atom is -0.337 e. The molecule has 1 atom stereocenters. The quantitative estimate of drug-likeness (QED) is 0.589. The number of nitrogens with one attached hydrogen (secondary N) is 1. The maximum Gasteiger partial charge on any atom is 0.222 e. The van der Waals surface area contributed by atoms with Gasteiger partial charge in [-0.25, -0.2) is 0 Å². The van der Waals surface area contributed by atoms with Crippen LogP contribution in [0.1, 0.15) is 20.3 Å². The lowest BCUT2D eigenvalue weighted by Gasteiger charge is -2.33. The highest BCUT2D eigenvalue weighted by Crippen LogP contribution is 2.03. The molecule has 1 N–H and O–H groups in total. The first-order valence-corrected chi connectivity index (χ1v) is 4.26. The maximum absolute atomic E-state index is 11.3. The Morgan fingerprint density at radius 3 is 3.00 bits per heavy atom. The third kappa shape index (κ3) is 1.93. The van der Waals surface area contributed by atoms with Crippen molar-refractivity contribution in [3.05, 3.63) is 0 Å². The normalized spacial score (nSPS) is 25.3. The molecule has 1 saturated heterocycles. The highest BCUT2D eigenvalue weighted by Gasteiger charge is 2.20. The summed E-state index contributed by atoms with van der Waals surface area (Å²) in [6.45, 7) is 6.74. The zero-order chi connectivity index (χ0) is 8.27. The lowest BCUT2D eigenvalue weighted by Crippen LogP contribution is -2.52. The lowest BCUT2D eigenvalue weighted by atomic mass is 10.2. The zero-order valence-corrected chi connectivity index (χ0v) is 7.26. The van der Waals surface area contributed by atoms with E-state index >= 15 is 0 Å². The van der Waals surface area contributed by atoms with Crippen LogP contribution >= 0.6 is 0 Å². The number of carbonyl (C=O) groups excluding carboxylic acids is 1. The third-order valence-electron chi connectivity index (χ3n) is 2.12. The molecule has 11 heavy (non-hydrogen) atoms. The molecule has 1 rings (SSSR count). The monoisotopic (exact) mass is 156 g/mol. The fourth-order valence-corrected chi connectivity index (χ4v) is 1.41. The van der Waals surface area contributed by atoms with Gasteiger partial charge in [-0.05, 0) is 6.92 Å². The highest BCUT2D eigenvalue weighted by atomic mass is 16.2. The van der Waals surface area contributed by atoms with Crippen molar-refractivity contribution in [1.82, 2.24) is 10.2 Å². The van der Waals surface area contributed by atoms with Crippen LogP contribution in [0.4, 0.5) is 0 Å². The lowest BCUT2D eigenvalue weighted by molar-refractivity contribution is -0.133. The number of hydrogen-bond acceptors (Lipinski definition) is 2. The van der Waals surface area contributed by atoms with Crippen LogP contribution in [0.2, 0.25) is 0 Å². The van der Waals surface area contributed by atoms with Crippen LogP contribution in [0.15, 0.2) is 0 Å². The SMILES string of the molecule is CCC(=O)N1CCNC[C@@H]1C. The molecule has 0 aliphatic carbocycles. The van der Waals surface area contributed by atoms with E-state index in [1.54, 1.807) is 0 Å². The Balaban J connectivity index is 2.47. The van der Waals surface area contributed by atoms with Crippen LogP contribution in [-0.2, 0) is 4.79 Å². The van der Waals surface area contributed by atoms with E-state index < -0.39 is 0 Å². The number of rotatable bonds is 1. The smallest absolute Gasteiger partial charge is 0.222 e. The Morgan fingerprint density at radius 2 is 2.45 bits per heavy atom. The van der Waals surface area contributed by atoms with Crippen LogP contribution < -0.4 is 5.32 Å². The fourth-order valence-electron chi connectivity index (χ4n) is 1.41. The van der Waals surface area contributed by atoms with E-state index in [-0.39, 0.29) is 5.91 Å². The molecule has 3 nitrogen and oxygen atoms in total. The minimum absolute atomic E-state index is 0.277. The molecule has 1 fully saturated rings. The Morgan fingerprint density at radius 1 is 1.73 bits per heavy atom. The molecule has 0 bridgehead atoms. The van der Waals surface area contributed by atoms with Gasteiger partial charge in [-0.3, -0.25) is 4.79 Å². The van der Waals surface area contributed by atoms with Gasteiger partial charge in [0.15, 0.2) is 0 Å². The van der Waals surface area contributed by atoms with Crippen LogP contribution in [-0.4, -0.2) is 36.5 Å². The Hall–Kier alpha value is -0.570. The van der Waals surface area contributed by atoms with Gasteiger partial charge in [-0.1, -0.05) is 6.92 Å². The molecule has 1 aliphatic rings. The number of amides is 1. The molecule has 0 aromatic carbocycles. The second-order valence-electron chi connectivity index (χ2n) is 2.99. The second kappa shape index (κ2) is 3.72. The molecule has 0 unspecified atom stereocenters. The molecule has 1 heterocycles. The number of piperazine rings is 1. The molecular formula is C8H16N2O. The summed E-state index contributed by atoms with van der Waals surface area (Å²) in [4.78, 5) is 13.2. The van der Waals surface area contributed by atoms with Crippen LogP contribution in [0.25, 0.3) is 0 Å². The summed E-state index contributed by atoms with van der Waals surface area (Å²) in [5.41, 5.74) is 0. The van der Waals surface area contributed by atoms with Crippen molar-refractivity contribution in [2.45, 2.75) is 26.3 Å². The average Bonchev–Trinajstić information content (AvgIpc) is 2.04. The van der Waals surface area contributed by atoms with E-state index in [4.69, 9.17) is 0 Å². The summed E-state index contributed by atoms with van der Waals surface area (Å²) < 4.78 is 0. The van der Waals surface area contributed by atoms with Crippen LogP contribution in [0, 0.1) is 0 Å². The summed E-state index contributed by atoms with van der Waals surface area (Å²) in [5, 5.41) is 3.25. The van der Waals surface area contributed by atoms with E-state index in [1.807, 2.05) is 11.8 Å². The van der Waals surface area contributed by atoms with Gasteiger partial charge < -0.3 is 10.2 Å². The van der Waals surface area contributed by atoms with Gasteiger partial charge in [0.2, 0.25) is 5.91 Å². The summed E-state index contributed by atoms with van der Waals surface area (Å²) in [6.07, 6.45) is 0.629. The van der Waals surface area contributed by atoms with Crippen LogP contribution in [0.3, 0.4) is 0 Å². The third-order valence-corrected chi connectivity index (χ3v) is 2.12. The minimum atomic E-state index is 0.277. The molecule has 0 spiro atoms.